The summed E-state index contributed by atoms with van der Waals surface area (Å²) < 4.78 is 62.8. The second-order valence-electron chi connectivity index (χ2n) is 5.24. The lowest BCUT2D eigenvalue weighted by molar-refractivity contribution is -0.137. The van der Waals surface area contributed by atoms with Crippen molar-refractivity contribution < 1.29 is 22.0 Å². The van der Waals surface area contributed by atoms with Gasteiger partial charge in [0.2, 0.25) is 0 Å². The van der Waals surface area contributed by atoms with E-state index < -0.39 is 17.5 Å². The minimum Gasteiger partial charge on any atom is -0.331 e. The number of benzene rings is 2. The Hall–Kier alpha value is -2.20. The predicted molar refractivity (Wildman–Crippen MR) is 101 cm³/mol. The van der Waals surface area contributed by atoms with Gasteiger partial charge in [0.1, 0.15) is 0 Å². The van der Waals surface area contributed by atoms with Crippen molar-refractivity contribution in [3.05, 3.63) is 59.7 Å². The first-order chi connectivity index (χ1) is 12.6. The van der Waals surface area contributed by atoms with Crippen LogP contribution < -0.4 is 10.7 Å². The quantitative estimate of drug-likeness (QED) is 0.213. The molecule has 0 unspecified atom stereocenters. The summed E-state index contributed by atoms with van der Waals surface area (Å²) in [5, 5.41) is 6.87. The van der Waals surface area contributed by atoms with E-state index in [4.69, 9.17) is 12.2 Å². The fraction of sp³-hybridized carbons (Fsp3) is 0.176. The molecule has 3 nitrogen and oxygen atoms in total. The highest BCUT2D eigenvalue weighted by atomic mass is 32.2. The summed E-state index contributed by atoms with van der Waals surface area (Å²) in [7, 11) is 0. The van der Waals surface area contributed by atoms with Gasteiger partial charge in [0.15, 0.2) is 5.11 Å². The van der Waals surface area contributed by atoms with Crippen LogP contribution in [-0.2, 0) is 6.18 Å². The molecular formula is C17H14F5N3S2. The van der Waals surface area contributed by atoms with Gasteiger partial charge in [-0.1, -0.05) is 23.9 Å². The number of thiocarbonyl (C=S) groups is 1. The van der Waals surface area contributed by atoms with E-state index in [2.05, 4.69) is 15.8 Å². The summed E-state index contributed by atoms with van der Waals surface area (Å²) in [5.41, 5.74) is 2.94. The molecular weight excluding hydrogens is 405 g/mol. The second-order valence-corrected chi connectivity index (χ2v) is 6.72. The van der Waals surface area contributed by atoms with Crippen molar-refractivity contribution in [1.29, 1.82) is 0 Å². The molecule has 144 valence electrons. The van der Waals surface area contributed by atoms with Crippen LogP contribution in [0.1, 0.15) is 18.1 Å². The summed E-state index contributed by atoms with van der Waals surface area (Å²) in [6.45, 7) is 1.54. The molecule has 10 heteroatoms. The maximum absolute atomic E-state index is 12.8. The molecule has 0 amide bonds. The Labute approximate surface area is 162 Å². The minimum atomic E-state index is -4.44. The van der Waals surface area contributed by atoms with Crippen molar-refractivity contribution in [3.8, 4) is 0 Å². The Morgan fingerprint density at radius 1 is 1.11 bits per heavy atom. The molecule has 0 saturated heterocycles. The SMILES string of the molecule is CC(=NNC(=S)Nc1ccc(SC(F)F)cc1)c1cccc(C(F)(F)F)c1. The first kappa shape index (κ1) is 21.1. The number of nitrogens with zero attached hydrogens (tertiary/aromatic N) is 1. The van der Waals surface area contributed by atoms with Gasteiger partial charge in [-0.2, -0.15) is 27.1 Å². The standard InChI is InChI=1S/C17H14F5N3S2/c1-10(11-3-2-4-12(9-11)17(20,21)22)24-25-16(26)23-13-5-7-14(8-6-13)27-15(18)19/h2-9,15H,1H3,(H2,23,25,26). The minimum absolute atomic E-state index is 0.107. The molecule has 0 aliphatic rings. The van der Waals surface area contributed by atoms with Gasteiger partial charge < -0.3 is 5.32 Å². The van der Waals surface area contributed by atoms with Crippen molar-refractivity contribution in [1.82, 2.24) is 5.43 Å². The summed E-state index contributed by atoms with van der Waals surface area (Å²) >= 11 is 5.49. The molecule has 0 aromatic heterocycles. The fourth-order valence-electron chi connectivity index (χ4n) is 2.00. The lowest BCUT2D eigenvalue weighted by atomic mass is 10.1. The number of hydrazone groups is 1. The second kappa shape index (κ2) is 9.14. The molecule has 2 N–H and O–H groups in total. The highest BCUT2D eigenvalue weighted by Crippen LogP contribution is 2.29. The van der Waals surface area contributed by atoms with Crippen LogP contribution >= 0.6 is 24.0 Å². The van der Waals surface area contributed by atoms with E-state index in [0.717, 1.165) is 12.1 Å². The topological polar surface area (TPSA) is 36.4 Å². The van der Waals surface area contributed by atoms with Gasteiger partial charge >= 0.3 is 6.18 Å². The van der Waals surface area contributed by atoms with Gasteiger partial charge in [-0.05, 0) is 61.1 Å². The number of halogens is 5. The number of rotatable bonds is 5. The lowest BCUT2D eigenvalue weighted by Gasteiger charge is -2.10. The Kier molecular flexibility index (Phi) is 7.14. The van der Waals surface area contributed by atoms with E-state index in [1.54, 1.807) is 19.1 Å². The molecule has 2 aromatic carbocycles. The molecule has 27 heavy (non-hydrogen) atoms. The number of hydrogen-bond acceptors (Lipinski definition) is 3. The maximum atomic E-state index is 12.8. The van der Waals surface area contributed by atoms with Crippen LogP contribution in [0.25, 0.3) is 0 Å². The molecule has 0 spiro atoms. The van der Waals surface area contributed by atoms with Crippen LogP contribution in [0.5, 0.6) is 0 Å². The van der Waals surface area contributed by atoms with Crippen molar-refractivity contribution in [2.24, 2.45) is 5.10 Å². The molecule has 2 rings (SSSR count). The Balaban J connectivity index is 1.97. The predicted octanol–water partition coefficient (Wildman–Crippen LogP) is 5.73. The Bertz CT molecular complexity index is 820. The van der Waals surface area contributed by atoms with Crippen LogP contribution in [0, 0.1) is 0 Å². The summed E-state index contributed by atoms with van der Waals surface area (Å²) in [6.07, 6.45) is -4.44. The maximum Gasteiger partial charge on any atom is 0.416 e. The average molecular weight is 419 g/mol. The molecule has 0 saturated carbocycles. The third kappa shape index (κ3) is 6.79. The van der Waals surface area contributed by atoms with Crippen LogP contribution in [0.3, 0.4) is 0 Å². The summed E-state index contributed by atoms with van der Waals surface area (Å²) in [5.74, 6) is -2.50. The third-order valence-corrected chi connectivity index (χ3v) is 4.19. The number of thioether (sulfide) groups is 1. The molecule has 0 heterocycles. The molecule has 0 aliphatic carbocycles. The molecule has 2 aromatic rings. The van der Waals surface area contributed by atoms with Gasteiger partial charge in [0, 0.05) is 10.6 Å². The molecule has 0 radical (unpaired) electrons. The number of alkyl halides is 5. The number of hydrogen-bond donors (Lipinski definition) is 2. The van der Waals surface area contributed by atoms with Gasteiger partial charge in [-0.3, -0.25) is 5.43 Å². The third-order valence-electron chi connectivity index (χ3n) is 3.27. The smallest absolute Gasteiger partial charge is 0.331 e. The van der Waals surface area contributed by atoms with E-state index in [-0.39, 0.29) is 5.11 Å². The Morgan fingerprint density at radius 3 is 2.37 bits per heavy atom. The van der Waals surface area contributed by atoms with E-state index in [0.29, 0.717) is 33.6 Å². The first-order valence-corrected chi connectivity index (χ1v) is 8.78. The highest BCUT2D eigenvalue weighted by Gasteiger charge is 2.30. The van der Waals surface area contributed by atoms with E-state index in [1.165, 1.54) is 24.3 Å². The van der Waals surface area contributed by atoms with Gasteiger partial charge in [-0.25, -0.2) is 0 Å². The summed E-state index contributed by atoms with van der Waals surface area (Å²) in [4.78, 5) is 0.410. The normalized spacial score (nSPS) is 12.2. The van der Waals surface area contributed by atoms with Gasteiger partial charge in [-0.15, -0.1) is 0 Å². The van der Waals surface area contributed by atoms with Gasteiger partial charge in [0.05, 0.1) is 11.3 Å². The average Bonchev–Trinajstić information content (AvgIpc) is 2.60. The van der Waals surface area contributed by atoms with Crippen molar-refractivity contribution in [3.63, 3.8) is 0 Å². The van der Waals surface area contributed by atoms with Gasteiger partial charge in [0.25, 0.3) is 5.76 Å². The largest absolute Gasteiger partial charge is 0.416 e. The Morgan fingerprint density at radius 2 is 1.78 bits per heavy atom. The van der Waals surface area contributed by atoms with Crippen LogP contribution in [0.2, 0.25) is 0 Å². The van der Waals surface area contributed by atoms with E-state index in [9.17, 15) is 22.0 Å². The van der Waals surface area contributed by atoms with Crippen molar-refractivity contribution in [2.45, 2.75) is 23.8 Å². The van der Waals surface area contributed by atoms with E-state index >= 15 is 0 Å². The van der Waals surface area contributed by atoms with Crippen molar-refractivity contribution in [2.75, 3.05) is 5.32 Å². The van der Waals surface area contributed by atoms with Crippen LogP contribution in [0.4, 0.5) is 27.6 Å². The zero-order valence-corrected chi connectivity index (χ0v) is 15.5. The van der Waals surface area contributed by atoms with E-state index in [1.807, 2.05) is 0 Å². The zero-order valence-electron chi connectivity index (χ0n) is 13.8. The van der Waals surface area contributed by atoms with Crippen molar-refractivity contribution >= 4 is 40.5 Å². The first-order valence-electron chi connectivity index (χ1n) is 7.49. The lowest BCUT2D eigenvalue weighted by Crippen LogP contribution is -2.25. The highest BCUT2D eigenvalue weighted by molar-refractivity contribution is 7.99. The van der Waals surface area contributed by atoms with Crippen LogP contribution in [0.15, 0.2) is 58.5 Å². The summed E-state index contributed by atoms with van der Waals surface area (Å²) in [6, 6.07) is 10.9. The molecule has 0 fully saturated rings. The molecule has 0 aliphatic heterocycles. The monoisotopic (exact) mass is 419 g/mol. The molecule has 0 atom stereocenters. The number of nitrogens with one attached hydrogen (secondary N) is 2. The number of anilines is 1. The molecule has 0 bridgehead atoms. The zero-order chi connectivity index (χ0) is 20.0. The fourth-order valence-corrected chi connectivity index (χ4v) is 2.66. The van der Waals surface area contributed by atoms with Crippen LogP contribution in [-0.4, -0.2) is 16.6 Å².